The van der Waals surface area contributed by atoms with E-state index in [0.29, 0.717) is 13.0 Å². The summed E-state index contributed by atoms with van der Waals surface area (Å²) < 4.78 is 25.5. The van der Waals surface area contributed by atoms with Crippen molar-refractivity contribution >= 4 is 21.4 Å². The van der Waals surface area contributed by atoms with Crippen molar-refractivity contribution < 1.29 is 13.2 Å². The number of nitrogens with zero attached hydrogens (tertiary/aromatic N) is 4. The molecule has 0 spiro atoms. The number of rotatable bonds is 4. The summed E-state index contributed by atoms with van der Waals surface area (Å²) in [5.74, 6) is 0.480. The normalized spacial score (nSPS) is 23.8. The molecule has 1 atom stereocenters. The summed E-state index contributed by atoms with van der Waals surface area (Å²) in [7, 11) is -1.27. The van der Waals surface area contributed by atoms with E-state index in [1.54, 1.807) is 7.05 Å². The maximum Gasteiger partial charge on any atom is 0.233 e. The number of hydrogen-bond acceptors (Lipinski definition) is 6. The van der Waals surface area contributed by atoms with E-state index in [9.17, 15) is 13.2 Å². The summed E-state index contributed by atoms with van der Waals surface area (Å²) >= 11 is 0. The molecule has 2 fully saturated rings. The number of piperazine rings is 1. The van der Waals surface area contributed by atoms with Crippen molar-refractivity contribution in [3.8, 4) is 0 Å². The molecule has 0 saturated carbocycles. The van der Waals surface area contributed by atoms with Gasteiger partial charge in [0.05, 0.1) is 41.2 Å². The van der Waals surface area contributed by atoms with Gasteiger partial charge in [-0.15, -0.1) is 0 Å². The number of carbonyl (C=O) groups excluding carboxylic acids is 1. The van der Waals surface area contributed by atoms with Crippen LogP contribution in [-0.4, -0.2) is 80.3 Å². The number of anilines is 1. The minimum absolute atomic E-state index is 0.0380. The number of hydrogen-bond donors (Lipinski definition) is 1. The number of carbonyl (C=O) groups is 1. The Kier molecular flexibility index (Phi) is 5.06. The van der Waals surface area contributed by atoms with Gasteiger partial charge in [0.15, 0.2) is 9.84 Å². The Bertz CT molecular complexity index is 750. The molecule has 3 heterocycles. The molecule has 2 aliphatic heterocycles. The highest BCUT2D eigenvalue weighted by Crippen LogP contribution is 2.31. The first-order valence-corrected chi connectivity index (χ1v) is 10.6. The zero-order valence-corrected chi connectivity index (χ0v) is 16.0. The second kappa shape index (κ2) is 6.95. The summed E-state index contributed by atoms with van der Waals surface area (Å²) in [4.78, 5) is 16.0. The van der Waals surface area contributed by atoms with Gasteiger partial charge in [-0.1, -0.05) is 0 Å². The maximum absolute atomic E-state index is 11.8. The minimum atomic E-state index is -2.93. The quantitative estimate of drug-likeness (QED) is 0.786. The predicted molar refractivity (Wildman–Crippen MR) is 96.7 cm³/mol. The molecule has 1 N–H and O–H groups in total. The van der Waals surface area contributed by atoms with Gasteiger partial charge in [0.1, 0.15) is 0 Å². The van der Waals surface area contributed by atoms with Crippen molar-refractivity contribution in [1.29, 1.82) is 0 Å². The number of aromatic nitrogens is 2. The van der Waals surface area contributed by atoms with E-state index in [2.05, 4.69) is 20.2 Å². The number of sulfone groups is 1. The second-order valence-corrected chi connectivity index (χ2v) is 9.19. The smallest absolute Gasteiger partial charge is 0.233 e. The third kappa shape index (κ3) is 3.82. The van der Waals surface area contributed by atoms with E-state index in [0.717, 1.165) is 43.3 Å². The zero-order chi connectivity index (χ0) is 18.2. The molecule has 1 aromatic heterocycles. The number of nitrogens with one attached hydrogen (secondary N) is 1. The predicted octanol–water partition coefficient (Wildman–Crippen LogP) is -0.272. The summed E-state index contributed by atoms with van der Waals surface area (Å²) in [6, 6.07) is -0.0491. The molecule has 0 bridgehead atoms. The molecule has 0 radical (unpaired) electrons. The number of amides is 1. The van der Waals surface area contributed by atoms with Gasteiger partial charge in [-0.2, -0.15) is 5.10 Å². The van der Waals surface area contributed by atoms with Crippen LogP contribution in [0.1, 0.15) is 23.9 Å². The van der Waals surface area contributed by atoms with Gasteiger partial charge >= 0.3 is 0 Å². The van der Waals surface area contributed by atoms with Crippen molar-refractivity contribution in [3.63, 3.8) is 0 Å². The van der Waals surface area contributed by atoms with Crippen LogP contribution in [0.15, 0.2) is 0 Å². The van der Waals surface area contributed by atoms with Crippen LogP contribution in [0, 0.1) is 13.8 Å². The van der Waals surface area contributed by atoms with Crippen LogP contribution in [-0.2, 0) is 14.6 Å². The lowest BCUT2D eigenvalue weighted by Crippen LogP contribution is -2.49. The Labute approximate surface area is 149 Å². The molecular formula is C16H27N5O3S. The van der Waals surface area contributed by atoms with Crippen molar-refractivity contribution in [2.24, 2.45) is 0 Å². The fourth-order valence-corrected chi connectivity index (χ4v) is 5.54. The van der Waals surface area contributed by atoms with E-state index in [1.807, 2.05) is 18.5 Å². The molecule has 2 aliphatic rings. The van der Waals surface area contributed by atoms with Gasteiger partial charge in [0, 0.05) is 33.2 Å². The Morgan fingerprint density at radius 3 is 2.48 bits per heavy atom. The van der Waals surface area contributed by atoms with Gasteiger partial charge in [-0.3, -0.25) is 14.4 Å². The lowest BCUT2D eigenvalue weighted by atomic mass is 10.2. The van der Waals surface area contributed by atoms with Crippen LogP contribution < -0.4 is 10.2 Å². The zero-order valence-electron chi connectivity index (χ0n) is 15.2. The van der Waals surface area contributed by atoms with Gasteiger partial charge in [-0.05, 0) is 20.3 Å². The lowest BCUT2D eigenvalue weighted by molar-refractivity contribution is -0.121. The Morgan fingerprint density at radius 2 is 1.92 bits per heavy atom. The van der Waals surface area contributed by atoms with E-state index >= 15 is 0 Å². The third-order valence-corrected chi connectivity index (χ3v) is 6.93. The van der Waals surface area contributed by atoms with Crippen LogP contribution >= 0.6 is 0 Å². The number of likely N-dealkylation sites (N-methyl/N-ethyl adjacent to an activating group) is 1. The van der Waals surface area contributed by atoms with Crippen molar-refractivity contribution in [1.82, 2.24) is 20.0 Å². The largest absolute Gasteiger partial charge is 0.366 e. The van der Waals surface area contributed by atoms with Crippen LogP contribution in [0.2, 0.25) is 0 Å². The molecule has 3 rings (SSSR count). The first-order valence-electron chi connectivity index (χ1n) is 8.75. The summed E-state index contributed by atoms with van der Waals surface area (Å²) in [5.41, 5.74) is 3.10. The summed E-state index contributed by atoms with van der Waals surface area (Å²) in [6.07, 6.45) is 0.643. The highest BCUT2D eigenvalue weighted by atomic mass is 32.2. The molecule has 1 aromatic rings. The van der Waals surface area contributed by atoms with Crippen LogP contribution in [0.3, 0.4) is 0 Å². The van der Waals surface area contributed by atoms with Gasteiger partial charge in [0.2, 0.25) is 5.91 Å². The topological polar surface area (TPSA) is 87.5 Å². The molecule has 1 amide bonds. The molecule has 9 heteroatoms. The van der Waals surface area contributed by atoms with Crippen molar-refractivity contribution in [3.05, 3.63) is 11.4 Å². The highest BCUT2D eigenvalue weighted by Gasteiger charge is 2.32. The van der Waals surface area contributed by atoms with E-state index in [4.69, 9.17) is 0 Å². The van der Waals surface area contributed by atoms with E-state index < -0.39 is 9.84 Å². The minimum Gasteiger partial charge on any atom is -0.366 e. The second-order valence-electron chi connectivity index (χ2n) is 6.96. The molecule has 8 nitrogen and oxygen atoms in total. The third-order valence-electron chi connectivity index (χ3n) is 5.18. The van der Waals surface area contributed by atoms with Crippen LogP contribution in [0.25, 0.3) is 0 Å². The van der Waals surface area contributed by atoms with Gasteiger partial charge in [-0.25, -0.2) is 8.42 Å². The molecule has 2 saturated heterocycles. The summed E-state index contributed by atoms with van der Waals surface area (Å²) in [6.45, 7) is 7.78. The van der Waals surface area contributed by atoms with Gasteiger partial charge < -0.3 is 10.2 Å². The van der Waals surface area contributed by atoms with Crippen LogP contribution in [0.5, 0.6) is 0 Å². The number of aryl methyl sites for hydroxylation is 1. The Balaban J connectivity index is 1.71. The molecule has 25 heavy (non-hydrogen) atoms. The molecule has 0 aliphatic carbocycles. The molecular weight excluding hydrogens is 342 g/mol. The maximum atomic E-state index is 11.8. The monoisotopic (exact) mass is 369 g/mol. The lowest BCUT2D eigenvalue weighted by Gasteiger charge is -2.35. The standard InChI is InChI=1S/C16H27N5O3S/c1-12-16(20-7-5-19(6-8-20)10-15(22)17-3)13(2)21(18-12)14-4-9-25(23,24)11-14/h14H,4-11H2,1-3H3,(H,17,22). The first-order chi connectivity index (χ1) is 11.8. The van der Waals surface area contributed by atoms with Gasteiger partial charge in [0.25, 0.3) is 0 Å². The fourth-order valence-electron chi connectivity index (χ4n) is 3.85. The Hall–Kier alpha value is -1.61. The SMILES string of the molecule is CNC(=O)CN1CCN(c2c(C)nn(C3CCS(=O)(=O)C3)c2C)CC1. The Morgan fingerprint density at radius 1 is 1.24 bits per heavy atom. The van der Waals surface area contributed by atoms with Crippen LogP contribution in [0.4, 0.5) is 5.69 Å². The fraction of sp³-hybridized carbons (Fsp3) is 0.750. The molecule has 0 aromatic carbocycles. The average molecular weight is 369 g/mol. The average Bonchev–Trinajstić information content (AvgIpc) is 3.07. The van der Waals surface area contributed by atoms with Crippen molar-refractivity contribution in [2.75, 3.05) is 56.2 Å². The molecule has 1 unspecified atom stereocenters. The summed E-state index contributed by atoms with van der Waals surface area (Å²) in [5, 5.41) is 7.30. The van der Waals surface area contributed by atoms with E-state index in [1.165, 1.54) is 0 Å². The highest BCUT2D eigenvalue weighted by molar-refractivity contribution is 7.91. The molecule has 140 valence electrons. The van der Waals surface area contributed by atoms with E-state index in [-0.39, 0.29) is 23.5 Å². The van der Waals surface area contributed by atoms with Crippen molar-refractivity contribution in [2.45, 2.75) is 26.3 Å². The first kappa shape index (κ1) is 18.2.